The van der Waals surface area contributed by atoms with Gasteiger partial charge in [0.15, 0.2) is 0 Å². The number of hydrogen-bond donors (Lipinski definition) is 1. The molecule has 0 aromatic carbocycles. The molecular weight excluding hydrogens is 108 g/mol. The number of carbonyl (C=O) groups excluding carboxylic acids is 1. The van der Waals surface area contributed by atoms with Crippen LogP contribution in [0, 0.1) is 0 Å². The van der Waals surface area contributed by atoms with Gasteiger partial charge in [0.2, 0.25) is 0 Å². The van der Waals surface area contributed by atoms with Crippen molar-refractivity contribution in [3.05, 3.63) is 12.2 Å². The molecule has 0 heterocycles. The number of carboxylic acids is 1. The fourth-order valence-electron chi connectivity index (χ4n) is 0.223. The molecule has 0 saturated carbocycles. The number of ketones is 1. The van der Waals surface area contributed by atoms with E-state index in [1.807, 2.05) is 0 Å². The van der Waals surface area contributed by atoms with E-state index in [1.165, 1.54) is 6.08 Å². The summed E-state index contributed by atoms with van der Waals surface area (Å²) in [6.07, 6.45) is 2.39. The molecule has 0 fully saturated rings. The third kappa shape index (κ3) is 2.12. The molecule has 0 atom stereocenters. The first kappa shape index (κ1) is 6.88. The largest absolute Gasteiger partial charge is 0.475 e. The Labute approximate surface area is 46.6 Å². The van der Waals surface area contributed by atoms with Gasteiger partial charge in [-0.1, -0.05) is 6.08 Å². The summed E-state index contributed by atoms with van der Waals surface area (Å²) < 4.78 is 0. The van der Waals surface area contributed by atoms with E-state index < -0.39 is 11.8 Å². The van der Waals surface area contributed by atoms with Crippen molar-refractivity contribution in [3.63, 3.8) is 0 Å². The minimum atomic E-state index is -1.41. The molecule has 0 aromatic heterocycles. The van der Waals surface area contributed by atoms with Crippen LogP contribution in [0.15, 0.2) is 12.2 Å². The quantitative estimate of drug-likeness (QED) is 0.412. The van der Waals surface area contributed by atoms with Gasteiger partial charge in [-0.3, -0.25) is 4.79 Å². The molecule has 0 radical (unpaired) electrons. The van der Waals surface area contributed by atoms with Gasteiger partial charge < -0.3 is 5.11 Å². The zero-order valence-corrected chi connectivity index (χ0v) is 4.42. The summed E-state index contributed by atoms with van der Waals surface area (Å²) in [7, 11) is 0. The Kier molecular flexibility index (Phi) is 2.54. The number of carbonyl (C=O) groups is 2. The predicted molar refractivity (Wildman–Crippen MR) is 27.5 cm³/mol. The van der Waals surface area contributed by atoms with E-state index in [-0.39, 0.29) is 0 Å². The summed E-state index contributed by atoms with van der Waals surface area (Å²) in [6.45, 7) is 1.58. The van der Waals surface area contributed by atoms with Crippen LogP contribution in [0.4, 0.5) is 0 Å². The molecule has 1 N–H and O–H groups in total. The molecule has 3 heteroatoms. The number of aliphatic carboxylic acids is 1. The molecule has 0 aliphatic rings. The third-order valence-electron chi connectivity index (χ3n) is 0.529. The number of carboxylic acid groups (broad SMARTS) is 1. The van der Waals surface area contributed by atoms with Crippen molar-refractivity contribution < 1.29 is 14.7 Å². The normalized spacial score (nSPS) is 9.62. The van der Waals surface area contributed by atoms with E-state index >= 15 is 0 Å². The topological polar surface area (TPSA) is 54.4 Å². The summed E-state index contributed by atoms with van der Waals surface area (Å²) in [5.74, 6) is -2.30. The van der Waals surface area contributed by atoms with Gasteiger partial charge in [0.05, 0.1) is 0 Å². The Balaban J connectivity index is 3.85. The second-order valence-corrected chi connectivity index (χ2v) is 1.17. The van der Waals surface area contributed by atoms with E-state index in [2.05, 4.69) is 0 Å². The molecule has 0 bridgehead atoms. The van der Waals surface area contributed by atoms with E-state index in [1.54, 1.807) is 6.92 Å². The predicted octanol–water partition coefficient (Wildman–Crippen LogP) is 0.216. The molecule has 0 aromatic rings. The molecule has 0 aliphatic heterocycles. The monoisotopic (exact) mass is 114 g/mol. The molecule has 44 valence electrons. The smallest absolute Gasteiger partial charge is 0.376 e. The molecule has 3 nitrogen and oxygen atoms in total. The molecule has 0 spiro atoms. The summed E-state index contributed by atoms with van der Waals surface area (Å²) in [5, 5.41) is 7.91. The van der Waals surface area contributed by atoms with Crippen LogP contribution in [0.5, 0.6) is 0 Å². The summed E-state index contributed by atoms with van der Waals surface area (Å²) in [6, 6.07) is 0. The van der Waals surface area contributed by atoms with Crippen molar-refractivity contribution in [3.8, 4) is 0 Å². The molecular formula is C5H6O3. The fraction of sp³-hybridized carbons (Fsp3) is 0.200. The van der Waals surface area contributed by atoms with Crippen LogP contribution in [0.25, 0.3) is 0 Å². The van der Waals surface area contributed by atoms with E-state index in [0.29, 0.717) is 0 Å². The van der Waals surface area contributed by atoms with E-state index in [4.69, 9.17) is 5.11 Å². The Bertz CT molecular complexity index is 135. The fourth-order valence-corrected chi connectivity index (χ4v) is 0.223. The van der Waals surface area contributed by atoms with Crippen LogP contribution in [0.1, 0.15) is 6.92 Å². The Hall–Kier alpha value is -1.12. The van der Waals surface area contributed by atoms with Gasteiger partial charge in [-0.25, -0.2) is 4.79 Å². The Morgan fingerprint density at radius 2 is 2.00 bits per heavy atom. The standard InChI is InChI=1S/C5H6O3/c1-2-3-4(6)5(7)8/h2-3H,1H3,(H,7,8)/b3-2-. The van der Waals surface area contributed by atoms with Gasteiger partial charge in [0.25, 0.3) is 5.78 Å². The number of hydrogen-bond acceptors (Lipinski definition) is 2. The summed E-state index contributed by atoms with van der Waals surface area (Å²) in [5.41, 5.74) is 0. The minimum Gasteiger partial charge on any atom is -0.475 e. The van der Waals surface area contributed by atoms with Crippen LogP contribution in [-0.4, -0.2) is 16.9 Å². The van der Waals surface area contributed by atoms with E-state index in [9.17, 15) is 9.59 Å². The average Bonchev–Trinajstić information content (AvgIpc) is 1.67. The highest BCUT2D eigenvalue weighted by Gasteiger charge is 2.03. The maximum Gasteiger partial charge on any atom is 0.376 e. The van der Waals surface area contributed by atoms with Gasteiger partial charge >= 0.3 is 5.97 Å². The summed E-state index contributed by atoms with van der Waals surface area (Å²) in [4.78, 5) is 19.7. The molecule has 0 aliphatic carbocycles. The van der Waals surface area contributed by atoms with Gasteiger partial charge in [-0.15, -0.1) is 0 Å². The van der Waals surface area contributed by atoms with Crippen LogP contribution < -0.4 is 0 Å². The van der Waals surface area contributed by atoms with Gasteiger partial charge in [-0.05, 0) is 13.0 Å². The first-order valence-corrected chi connectivity index (χ1v) is 2.08. The summed E-state index contributed by atoms with van der Waals surface area (Å²) >= 11 is 0. The van der Waals surface area contributed by atoms with Crippen LogP contribution in [0.3, 0.4) is 0 Å². The highest BCUT2D eigenvalue weighted by atomic mass is 16.4. The highest BCUT2D eigenvalue weighted by molar-refractivity contribution is 6.37. The lowest BCUT2D eigenvalue weighted by Gasteiger charge is -1.78. The first-order chi connectivity index (χ1) is 3.68. The van der Waals surface area contributed by atoms with Crippen molar-refractivity contribution in [1.29, 1.82) is 0 Å². The minimum absolute atomic E-state index is 0.882. The second kappa shape index (κ2) is 2.96. The second-order valence-electron chi connectivity index (χ2n) is 1.17. The molecule has 0 saturated heterocycles. The Morgan fingerprint density at radius 3 is 2.12 bits per heavy atom. The lowest BCUT2D eigenvalue weighted by molar-refractivity contribution is -0.146. The molecule has 0 rings (SSSR count). The maximum absolute atomic E-state index is 10.1. The third-order valence-corrected chi connectivity index (χ3v) is 0.529. The van der Waals surface area contributed by atoms with Crippen molar-refractivity contribution in [2.75, 3.05) is 0 Å². The molecule has 8 heavy (non-hydrogen) atoms. The van der Waals surface area contributed by atoms with Crippen LogP contribution in [0.2, 0.25) is 0 Å². The lowest BCUT2D eigenvalue weighted by atomic mass is 10.4. The molecule has 0 amide bonds. The van der Waals surface area contributed by atoms with Crippen molar-refractivity contribution in [2.24, 2.45) is 0 Å². The van der Waals surface area contributed by atoms with Crippen LogP contribution in [-0.2, 0) is 9.59 Å². The van der Waals surface area contributed by atoms with Gasteiger partial charge in [-0.2, -0.15) is 0 Å². The highest BCUT2D eigenvalue weighted by Crippen LogP contribution is 1.74. The SMILES string of the molecule is C/C=C\C(=O)C(=O)O. The van der Waals surface area contributed by atoms with Gasteiger partial charge in [0, 0.05) is 0 Å². The van der Waals surface area contributed by atoms with Crippen molar-refractivity contribution >= 4 is 11.8 Å². The number of allylic oxidation sites excluding steroid dienone is 1. The average molecular weight is 114 g/mol. The van der Waals surface area contributed by atoms with Gasteiger partial charge in [0.1, 0.15) is 0 Å². The van der Waals surface area contributed by atoms with Crippen molar-refractivity contribution in [1.82, 2.24) is 0 Å². The Morgan fingerprint density at radius 1 is 1.50 bits per heavy atom. The zero-order chi connectivity index (χ0) is 6.57. The van der Waals surface area contributed by atoms with E-state index in [0.717, 1.165) is 6.08 Å². The molecule has 0 unspecified atom stereocenters. The number of rotatable bonds is 2. The van der Waals surface area contributed by atoms with Crippen LogP contribution >= 0.6 is 0 Å². The maximum atomic E-state index is 10.1. The first-order valence-electron chi connectivity index (χ1n) is 2.08. The zero-order valence-electron chi connectivity index (χ0n) is 4.42. The lowest BCUT2D eigenvalue weighted by Crippen LogP contribution is -2.07. The van der Waals surface area contributed by atoms with Crippen molar-refractivity contribution in [2.45, 2.75) is 6.92 Å².